The van der Waals surface area contributed by atoms with Crippen LogP contribution in [0.3, 0.4) is 0 Å². The summed E-state index contributed by atoms with van der Waals surface area (Å²) in [6, 6.07) is 14.9. The number of phenolic OH excluding ortho intramolecular Hbond substituents is 1. The van der Waals surface area contributed by atoms with Crippen molar-refractivity contribution in [3.63, 3.8) is 0 Å². The molecule has 0 fully saturated rings. The standard InChI is InChI=1S/C20H23NO4/c1-14(2)25-19(23)10-11-21-20(24)17-13-16(8-9-18(17)22)12-15-6-4-3-5-7-15/h3-9,13-14,22H,10-12H2,1-2H3,(H,21,24). The molecule has 5 nitrogen and oxygen atoms in total. The summed E-state index contributed by atoms with van der Waals surface area (Å²) in [4.78, 5) is 23.7. The van der Waals surface area contributed by atoms with Crippen molar-refractivity contribution in [2.24, 2.45) is 0 Å². The number of nitrogens with one attached hydrogen (secondary N) is 1. The molecule has 2 aromatic rings. The second-order valence-corrected chi connectivity index (χ2v) is 6.06. The highest BCUT2D eigenvalue weighted by molar-refractivity contribution is 5.97. The zero-order valence-corrected chi connectivity index (χ0v) is 14.5. The molecule has 0 saturated heterocycles. The van der Waals surface area contributed by atoms with E-state index >= 15 is 0 Å². The highest BCUT2D eigenvalue weighted by Crippen LogP contribution is 2.20. The van der Waals surface area contributed by atoms with Crippen molar-refractivity contribution in [3.05, 3.63) is 65.2 Å². The van der Waals surface area contributed by atoms with Crippen LogP contribution in [-0.4, -0.2) is 29.6 Å². The zero-order valence-electron chi connectivity index (χ0n) is 14.5. The number of hydrogen-bond donors (Lipinski definition) is 2. The zero-order chi connectivity index (χ0) is 18.2. The molecule has 5 heteroatoms. The van der Waals surface area contributed by atoms with Crippen LogP contribution in [0.5, 0.6) is 5.75 Å². The monoisotopic (exact) mass is 341 g/mol. The lowest BCUT2D eigenvalue weighted by molar-refractivity contribution is -0.147. The molecular formula is C20H23NO4. The van der Waals surface area contributed by atoms with Gasteiger partial charge < -0.3 is 15.2 Å². The fourth-order valence-electron chi connectivity index (χ4n) is 2.40. The Hall–Kier alpha value is -2.82. The SMILES string of the molecule is CC(C)OC(=O)CCNC(=O)c1cc(Cc2ccccc2)ccc1O. The van der Waals surface area contributed by atoms with E-state index in [-0.39, 0.29) is 36.4 Å². The van der Waals surface area contributed by atoms with Crippen LogP contribution >= 0.6 is 0 Å². The minimum absolute atomic E-state index is 0.0842. The molecule has 0 aliphatic heterocycles. The Balaban J connectivity index is 1.97. The third kappa shape index (κ3) is 5.95. The molecule has 2 rings (SSSR count). The Labute approximate surface area is 147 Å². The summed E-state index contributed by atoms with van der Waals surface area (Å²) < 4.78 is 5.01. The van der Waals surface area contributed by atoms with Crippen molar-refractivity contribution in [3.8, 4) is 5.75 Å². The lowest BCUT2D eigenvalue weighted by Crippen LogP contribution is -2.27. The third-order valence-corrected chi connectivity index (χ3v) is 3.54. The van der Waals surface area contributed by atoms with E-state index in [1.165, 1.54) is 6.07 Å². The molecule has 0 unspecified atom stereocenters. The van der Waals surface area contributed by atoms with E-state index in [0.717, 1.165) is 11.1 Å². The molecule has 0 atom stereocenters. The molecule has 2 N–H and O–H groups in total. The Morgan fingerprint density at radius 1 is 1.08 bits per heavy atom. The van der Waals surface area contributed by atoms with Gasteiger partial charge in [-0.25, -0.2) is 0 Å². The number of hydrogen-bond acceptors (Lipinski definition) is 4. The van der Waals surface area contributed by atoms with Crippen molar-refractivity contribution >= 4 is 11.9 Å². The van der Waals surface area contributed by atoms with Gasteiger partial charge in [0.1, 0.15) is 5.75 Å². The van der Waals surface area contributed by atoms with Crippen molar-refractivity contribution in [1.29, 1.82) is 0 Å². The maximum atomic E-state index is 12.3. The van der Waals surface area contributed by atoms with Gasteiger partial charge in [-0.3, -0.25) is 9.59 Å². The molecule has 0 bridgehead atoms. The number of amides is 1. The molecule has 132 valence electrons. The predicted molar refractivity (Wildman–Crippen MR) is 95.5 cm³/mol. The van der Waals surface area contributed by atoms with E-state index in [9.17, 15) is 14.7 Å². The van der Waals surface area contributed by atoms with Crippen LogP contribution in [0.1, 0.15) is 41.8 Å². The molecule has 2 aromatic carbocycles. The van der Waals surface area contributed by atoms with Gasteiger partial charge in [0.15, 0.2) is 0 Å². The second-order valence-electron chi connectivity index (χ2n) is 6.06. The second kappa shape index (κ2) is 8.87. The molecule has 1 amide bonds. The summed E-state index contributed by atoms with van der Waals surface area (Å²) in [7, 11) is 0. The van der Waals surface area contributed by atoms with Crippen LogP contribution in [0.2, 0.25) is 0 Å². The Morgan fingerprint density at radius 2 is 1.80 bits per heavy atom. The van der Waals surface area contributed by atoms with E-state index in [1.807, 2.05) is 30.3 Å². The summed E-state index contributed by atoms with van der Waals surface area (Å²) in [5.74, 6) is -0.860. The number of esters is 1. The summed E-state index contributed by atoms with van der Waals surface area (Å²) in [6.45, 7) is 3.70. The molecule has 0 aliphatic rings. The largest absolute Gasteiger partial charge is 0.507 e. The van der Waals surface area contributed by atoms with Gasteiger partial charge >= 0.3 is 5.97 Å². The highest BCUT2D eigenvalue weighted by atomic mass is 16.5. The number of ether oxygens (including phenoxy) is 1. The third-order valence-electron chi connectivity index (χ3n) is 3.54. The number of benzene rings is 2. The molecular weight excluding hydrogens is 318 g/mol. The number of carbonyl (C=O) groups excluding carboxylic acids is 2. The van der Waals surface area contributed by atoms with Crippen molar-refractivity contribution in [2.75, 3.05) is 6.54 Å². The molecule has 25 heavy (non-hydrogen) atoms. The Kier molecular flexibility index (Phi) is 6.57. The maximum Gasteiger partial charge on any atom is 0.307 e. The molecule has 0 aliphatic carbocycles. The van der Waals surface area contributed by atoms with Gasteiger partial charge in [-0.15, -0.1) is 0 Å². The number of carbonyl (C=O) groups is 2. The van der Waals surface area contributed by atoms with Crippen LogP contribution in [-0.2, 0) is 16.0 Å². The summed E-state index contributed by atoms with van der Waals surface area (Å²) in [6.07, 6.45) is 0.582. The first-order valence-corrected chi connectivity index (χ1v) is 8.29. The quantitative estimate of drug-likeness (QED) is 0.759. The number of rotatable bonds is 7. The molecule has 0 aromatic heterocycles. The minimum Gasteiger partial charge on any atom is -0.507 e. The minimum atomic E-state index is -0.412. The van der Waals surface area contributed by atoms with Crippen molar-refractivity contribution < 1.29 is 19.4 Å². The van der Waals surface area contributed by atoms with E-state index in [2.05, 4.69) is 5.32 Å². The van der Waals surface area contributed by atoms with Gasteiger partial charge in [-0.05, 0) is 43.5 Å². The Bertz CT molecular complexity index is 726. The maximum absolute atomic E-state index is 12.3. The van der Waals surface area contributed by atoms with Crippen LogP contribution in [0.25, 0.3) is 0 Å². The number of aromatic hydroxyl groups is 1. The average Bonchev–Trinajstić information content (AvgIpc) is 2.56. The Morgan fingerprint density at radius 3 is 2.48 bits per heavy atom. The number of phenols is 1. The van der Waals surface area contributed by atoms with Crippen LogP contribution in [0, 0.1) is 0 Å². The van der Waals surface area contributed by atoms with E-state index < -0.39 is 5.91 Å². The van der Waals surface area contributed by atoms with Crippen LogP contribution in [0.15, 0.2) is 48.5 Å². The first-order chi connectivity index (χ1) is 12.0. The van der Waals surface area contributed by atoms with E-state index in [4.69, 9.17) is 4.74 Å². The van der Waals surface area contributed by atoms with Crippen LogP contribution in [0.4, 0.5) is 0 Å². The van der Waals surface area contributed by atoms with Crippen LogP contribution < -0.4 is 5.32 Å². The first-order valence-electron chi connectivity index (χ1n) is 8.29. The summed E-state index contributed by atoms with van der Waals surface area (Å²) in [5.41, 5.74) is 2.25. The smallest absolute Gasteiger partial charge is 0.307 e. The normalized spacial score (nSPS) is 10.5. The van der Waals surface area contributed by atoms with Gasteiger partial charge in [0, 0.05) is 6.54 Å². The summed E-state index contributed by atoms with van der Waals surface area (Å²) in [5, 5.41) is 12.6. The van der Waals surface area contributed by atoms with Crippen molar-refractivity contribution in [2.45, 2.75) is 32.8 Å². The van der Waals surface area contributed by atoms with Gasteiger partial charge in [0.25, 0.3) is 5.91 Å². The first kappa shape index (κ1) is 18.5. The molecule has 0 radical (unpaired) electrons. The fraction of sp³-hybridized carbons (Fsp3) is 0.300. The van der Waals surface area contributed by atoms with Gasteiger partial charge in [-0.2, -0.15) is 0 Å². The van der Waals surface area contributed by atoms with E-state index in [0.29, 0.717) is 6.42 Å². The lowest BCUT2D eigenvalue weighted by atomic mass is 10.0. The van der Waals surface area contributed by atoms with Gasteiger partial charge in [0.2, 0.25) is 0 Å². The topological polar surface area (TPSA) is 75.6 Å². The average molecular weight is 341 g/mol. The predicted octanol–water partition coefficient (Wildman–Crippen LogP) is 3.05. The molecule has 0 saturated carbocycles. The van der Waals surface area contributed by atoms with Gasteiger partial charge in [0.05, 0.1) is 18.1 Å². The highest BCUT2D eigenvalue weighted by Gasteiger charge is 2.13. The van der Waals surface area contributed by atoms with Crippen molar-refractivity contribution in [1.82, 2.24) is 5.32 Å². The molecule has 0 spiro atoms. The molecule has 0 heterocycles. The fourth-order valence-corrected chi connectivity index (χ4v) is 2.40. The summed E-state index contributed by atoms with van der Waals surface area (Å²) >= 11 is 0. The lowest BCUT2D eigenvalue weighted by Gasteiger charge is -2.10. The van der Waals surface area contributed by atoms with E-state index in [1.54, 1.807) is 26.0 Å². The van der Waals surface area contributed by atoms with Gasteiger partial charge in [-0.1, -0.05) is 36.4 Å².